The molecule has 0 spiro atoms. The van der Waals surface area contributed by atoms with Crippen LogP contribution >= 0.6 is 11.3 Å². The van der Waals surface area contributed by atoms with Crippen molar-refractivity contribution in [2.75, 3.05) is 5.73 Å². The van der Waals surface area contributed by atoms with E-state index in [1.807, 2.05) is 18.2 Å². The highest BCUT2D eigenvalue weighted by Gasteiger charge is 2.36. The first kappa shape index (κ1) is 10.8. The predicted octanol–water partition coefficient (Wildman–Crippen LogP) is 2.71. The van der Waals surface area contributed by atoms with E-state index in [4.69, 9.17) is 5.73 Å². The maximum atomic E-state index is 10.8. The molecule has 1 aliphatic carbocycles. The molecule has 3 N–H and O–H groups in total. The quantitative estimate of drug-likeness (QED) is 0.799. The number of fused-ring (bicyclic) bond motifs is 1. The van der Waals surface area contributed by atoms with Crippen LogP contribution in [0.3, 0.4) is 0 Å². The molecule has 1 unspecified atom stereocenters. The molecule has 0 saturated carbocycles. The smallest absolute Gasteiger partial charge is 0.0942 e. The summed E-state index contributed by atoms with van der Waals surface area (Å²) >= 11 is 1.67. The van der Waals surface area contributed by atoms with Crippen molar-refractivity contribution in [3.05, 3.63) is 51.7 Å². The summed E-state index contributed by atoms with van der Waals surface area (Å²) in [4.78, 5) is 0. The van der Waals surface area contributed by atoms with E-state index < -0.39 is 5.60 Å². The van der Waals surface area contributed by atoms with Gasteiger partial charge in [0.25, 0.3) is 0 Å². The zero-order valence-corrected chi connectivity index (χ0v) is 10.3. The number of nitrogen functional groups attached to an aromatic ring is 1. The molecule has 0 radical (unpaired) electrons. The van der Waals surface area contributed by atoms with E-state index in [0.717, 1.165) is 24.1 Å². The van der Waals surface area contributed by atoms with E-state index in [1.54, 1.807) is 11.3 Å². The fourth-order valence-corrected chi connectivity index (χ4v) is 3.33. The molecular weight excluding hydrogens is 230 g/mol. The van der Waals surface area contributed by atoms with Gasteiger partial charge in [-0.15, -0.1) is 0 Å². The van der Waals surface area contributed by atoms with Crippen LogP contribution < -0.4 is 5.73 Å². The first-order chi connectivity index (χ1) is 8.17. The fourth-order valence-electron chi connectivity index (χ4n) is 2.67. The highest BCUT2D eigenvalue weighted by atomic mass is 32.1. The van der Waals surface area contributed by atoms with Crippen LogP contribution in [0.5, 0.6) is 0 Å². The lowest BCUT2D eigenvalue weighted by Crippen LogP contribution is -2.25. The highest BCUT2D eigenvalue weighted by molar-refractivity contribution is 7.07. The molecule has 3 rings (SSSR count). The van der Waals surface area contributed by atoms with E-state index in [2.05, 4.69) is 16.8 Å². The van der Waals surface area contributed by atoms with Gasteiger partial charge in [-0.25, -0.2) is 0 Å². The minimum absolute atomic E-state index is 0.702. The Kier molecular flexibility index (Phi) is 2.45. The van der Waals surface area contributed by atoms with Gasteiger partial charge in [-0.3, -0.25) is 0 Å². The third-order valence-corrected chi connectivity index (χ3v) is 4.25. The maximum Gasteiger partial charge on any atom is 0.0942 e. The minimum atomic E-state index is -0.704. The molecule has 2 aromatic rings. The van der Waals surface area contributed by atoms with Crippen molar-refractivity contribution >= 4 is 17.0 Å². The van der Waals surface area contributed by atoms with Crippen LogP contribution in [-0.2, 0) is 18.4 Å². The largest absolute Gasteiger partial charge is 0.399 e. The average Bonchev–Trinajstić information content (AvgIpc) is 2.88. The molecule has 1 heterocycles. The number of thiophene rings is 1. The number of aliphatic hydroxyl groups is 1. The molecule has 2 nitrogen and oxygen atoms in total. The van der Waals surface area contributed by atoms with Gasteiger partial charge in [-0.2, -0.15) is 11.3 Å². The second kappa shape index (κ2) is 3.86. The summed E-state index contributed by atoms with van der Waals surface area (Å²) in [6.45, 7) is 0. The summed E-state index contributed by atoms with van der Waals surface area (Å²) in [5, 5.41) is 14.9. The monoisotopic (exact) mass is 245 g/mol. The molecule has 0 bridgehead atoms. The molecule has 0 aliphatic heterocycles. The van der Waals surface area contributed by atoms with Crippen molar-refractivity contribution in [3.8, 4) is 0 Å². The third kappa shape index (κ3) is 1.85. The Labute approximate surface area is 105 Å². The highest BCUT2D eigenvalue weighted by Crippen LogP contribution is 2.40. The van der Waals surface area contributed by atoms with Crippen molar-refractivity contribution in [2.24, 2.45) is 0 Å². The molecule has 0 saturated heterocycles. The van der Waals surface area contributed by atoms with E-state index in [1.165, 1.54) is 11.1 Å². The van der Waals surface area contributed by atoms with Crippen molar-refractivity contribution < 1.29 is 5.11 Å². The van der Waals surface area contributed by atoms with Crippen molar-refractivity contribution in [2.45, 2.75) is 24.9 Å². The van der Waals surface area contributed by atoms with Gasteiger partial charge in [0, 0.05) is 12.1 Å². The van der Waals surface area contributed by atoms with Gasteiger partial charge in [0.1, 0.15) is 0 Å². The predicted molar refractivity (Wildman–Crippen MR) is 71.1 cm³/mol. The maximum absolute atomic E-state index is 10.8. The van der Waals surface area contributed by atoms with Crippen LogP contribution in [-0.4, -0.2) is 5.11 Å². The van der Waals surface area contributed by atoms with E-state index >= 15 is 0 Å². The Bertz CT molecular complexity index is 535. The number of nitrogens with two attached hydrogens (primary N) is 1. The topological polar surface area (TPSA) is 46.2 Å². The van der Waals surface area contributed by atoms with E-state index in [-0.39, 0.29) is 0 Å². The SMILES string of the molecule is Nc1ccc2c(c1)CCC2(O)Cc1ccsc1. The Balaban J connectivity index is 1.96. The van der Waals surface area contributed by atoms with Gasteiger partial charge in [0.15, 0.2) is 0 Å². The summed E-state index contributed by atoms with van der Waals surface area (Å²) in [5.41, 5.74) is 9.31. The van der Waals surface area contributed by atoms with Crippen LogP contribution in [0.2, 0.25) is 0 Å². The van der Waals surface area contributed by atoms with Gasteiger partial charge in [-0.05, 0) is 58.5 Å². The van der Waals surface area contributed by atoms with Crippen molar-refractivity contribution in [1.29, 1.82) is 0 Å². The molecule has 1 atom stereocenters. The molecule has 1 aromatic heterocycles. The van der Waals surface area contributed by atoms with Crippen LogP contribution in [0.4, 0.5) is 5.69 Å². The molecular formula is C14H15NOS. The molecule has 0 fully saturated rings. The summed E-state index contributed by atoms with van der Waals surface area (Å²) < 4.78 is 0. The van der Waals surface area contributed by atoms with Crippen LogP contribution in [0.25, 0.3) is 0 Å². The zero-order chi connectivity index (χ0) is 11.9. The van der Waals surface area contributed by atoms with Gasteiger partial charge >= 0.3 is 0 Å². The second-order valence-electron chi connectivity index (χ2n) is 4.76. The molecule has 3 heteroatoms. The Morgan fingerprint density at radius 1 is 1.35 bits per heavy atom. The number of aryl methyl sites for hydroxylation is 1. The molecule has 1 aromatic carbocycles. The average molecular weight is 245 g/mol. The summed E-state index contributed by atoms with van der Waals surface area (Å²) in [6.07, 6.45) is 2.41. The summed E-state index contributed by atoms with van der Waals surface area (Å²) in [6, 6.07) is 7.92. The Morgan fingerprint density at radius 2 is 2.24 bits per heavy atom. The molecule has 88 valence electrons. The normalized spacial score (nSPS) is 22.6. The van der Waals surface area contributed by atoms with Gasteiger partial charge < -0.3 is 10.8 Å². The standard InChI is InChI=1S/C14H15NOS/c15-12-1-2-13-11(7-12)3-5-14(13,16)8-10-4-6-17-9-10/h1-2,4,6-7,9,16H,3,5,8,15H2. The summed E-state index contributed by atoms with van der Waals surface area (Å²) in [7, 11) is 0. The van der Waals surface area contributed by atoms with Crippen LogP contribution in [0.1, 0.15) is 23.1 Å². The van der Waals surface area contributed by atoms with Crippen LogP contribution in [0, 0.1) is 0 Å². The molecule has 0 amide bonds. The number of hydrogen-bond acceptors (Lipinski definition) is 3. The first-order valence-electron chi connectivity index (χ1n) is 5.80. The Hall–Kier alpha value is -1.32. The van der Waals surface area contributed by atoms with Gasteiger partial charge in [-0.1, -0.05) is 6.07 Å². The molecule has 1 aliphatic rings. The fraction of sp³-hybridized carbons (Fsp3) is 0.286. The van der Waals surface area contributed by atoms with Crippen molar-refractivity contribution in [1.82, 2.24) is 0 Å². The van der Waals surface area contributed by atoms with Crippen LogP contribution in [0.15, 0.2) is 35.0 Å². The molecule has 17 heavy (non-hydrogen) atoms. The van der Waals surface area contributed by atoms with Gasteiger partial charge in [0.05, 0.1) is 5.60 Å². The Morgan fingerprint density at radius 3 is 3.00 bits per heavy atom. The lowest BCUT2D eigenvalue weighted by Gasteiger charge is -2.23. The van der Waals surface area contributed by atoms with E-state index in [0.29, 0.717) is 6.42 Å². The number of rotatable bonds is 2. The lowest BCUT2D eigenvalue weighted by molar-refractivity contribution is 0.0391. The van der Waals surface area contributed by atoms with E-state index in [9.17, 15) is 5.11 Å². The third-order valence-electron chi connectivity index (χ3n) is 3.52. The second-order valence-corrected chi connectivity index (χ2v) is 5.54. The lowest BCUT2D eigenvalue weighted by atomic mass is 9.90. The number of benzene rings is 1. The minimum Gasteiger partial charge on any atom is -0.399 e. The van der Waals surface area contributed by atoms with Crippen molar-refractivity contribution in [3.63, 3.8) is 0 Å². The zero-order valence-electron chi connectivity index (χ0n) is 9.52. The van der Waals surface area contributed by atoms with Gasteiger partial charge in [0.2, 0.25) is 0 Å². The number of anilines is 1. The summed E-state index contributed by atoms with van der Waals surface area (Å²) in [5.74, 6) is 0. The number of hydrogen-bond donors (Lipinski definition) is 2. The first-order valence-corrected chi connectivity index (χ1v) is 6.74.